The van der Waals surface area contributed by atoms with Crippen molar-refractivity contribution in [3.05, 3.63) is 52.5 Å². The molecule has 0 aliphatic carbocycles. The van der Waals surface area contributed by atoms with Gasteiger partial charge in [-0.1, -0.05) is 0 Å². The van der Waals surface area contributed by atoms with Gasteiger partial charge in [0.25, 0.3) is 5.91 Å². The first-order valence-electron chi connectivity index (χ1n) is 10.5. The van der Waals surface area contributed by atoms with E-state index in [-0.39, 0.29) is 24.5 Å². The van der Waals surface area contributed by atoms with E-state index in [2.05, 4.69) is 10.4 Å². The van der Waals surface area contributed by atoms with Crippen molar-refractivity contribution in [1.82, 2.24) is 14.8 Å². The fourth-order valence-corrected chi connectivity index (χ4v) is 4.64. The number of hydrogen-bond donors (Lipinski definition) is 1. The number of fused-ring (bicyclic) bond motifs is 2. The summed E-state index contributed by atoms with van der Waals surface area (Å²) in [5.41, 5.74) is 2.48. The van der Waals surface area contributed by atoms with Gasteiger partial charge >= 0.3 is 0 Å². The molecule has 1 amide bonds. The maximum Gasteiger partial charge on any atom is 0.256 e. The van der Waals surface area contributed by atoms with Gasteiger partial charge in [-0.05, 0) is 52.0 Å². The van der Waals surface area contributed by atoms with Gasteiger partial charge in [0.15, 0.2) is 22.9 Å². The first-order chi connectivity index (χ1) is 15.8. The highest BCUT2D eigenvalue weighted by molar-refractivity contribution is 7.15. The molecule has 0 saturated heterocycles. The van der Waals surface area contributed by atoms with Crippen molar-refractivity contribution in [2.75, 3.05) is 12.1 Å². The summed E-state index contributed by atoms with van der Waals surface area (Å²) in [6, 6.07) is 9.09. The van der Waals surface area contributed by atoms with Crippen molar-refractivity contribution in [1.29, 1.82) is 0 Å². The van der Waals surface area contributed by atoms with Crippen LogP contribution in [0, 0.1) is 6.92 Å². The van der Waals surface area contributed by atoms with E-state index >= 15 is 0 Å². The number of nitrogens with zero attached hydrogens (tertiary/aromatic N) is 3. The summed E-state index contributed by atoms with van der Waals surface area (Å²) in [5.74, 6) is 0.420. The zero-order valence-electron chi connectivity index (χ0n) is 18.6. The molecule has 5 rings (SSSR count). The monoisotopic (exact) mass is 462 g/mol. The molecule has 8 nitrogen and oxygen atoms in total. The van der Waals surface area contributed by atoms with Gasteiger partial charge in [0.1, 0.15) is 0 Å². The van der Waals surface area contributed by atoms with Crippen molar-refractivity contribution in [2.45, 2.75) is 33.7 Å². The van der Waals surface area contributed by atoms with Gasteiger partial charge in [-0.3, -0.25) is 9.59 Å². The molecule has 9 heteroatoms. The molecule has 33 heavy (non-hydrogen) atoms. The van der Waals surface area contributed by atoms with E-state index in [1.807, 2.05) is 32.9 Å². The Balaban J connectivity index is 1.62. The van der Waals surface area contributed by atoms with Crippen LogP contribution in [0.3, 0.4) is 0 Å². The number of ketones is 1. The molecular weight excluding hydrogens is 440 g/mol. The van der Waals surface area contributed by atoms with Gasteiger partial charge in [-0.15, -0.1) is 11.3 Å². The predicted molar refractivity (Wildman–Crippen MR) is 126 cm³/mol. The lowest BCUT2D eigenvalue weighted by Crippen LogP contribution is -2.15. The molecule has 0 saturated carbocycles. The van der Waals surface area contributed by atoms with E-state index in [0.29, 0.717) is 45.0 Å². The lowest BCUT2D eigenvalue weighted by atomic mass is 10.1. The number of thiophene rings is 1. The van der Waals surface area contributed by atoms with Crippen LogP contribution in [-0.4, -0.2) is 33.2 Å². The lowest BCUT2D eigenvalue weighted by Gasteiger charge is -2.13. The average Bonchev–Trinajstić information content (AvgIpc) is 3.50. The zero-order chi connectivity index (χ0) is 23.3. The number of aryl methyl sites for hydroxylation is 1. The molecule has 0 spiro atoms. The van der Waals surface area contributed by atoms with Crippen molar-refractivity contribution >= 4 is 39.7 Å². The number of pyridine rings is 1. The van der Waals surface area contributed by atoms with Crippen LogP contribution < -0.4 is 14.8 Å². The van der Waals surface area contributed by atoms with Crippen molar-refractivity contribution in [3.63, 3.8) is 0 Å². The Kier molecular flexibility index (Phi) is 5.13. The molecule has 0 atom stereocenters. The van der Waals surface area contributed by atoms with Crippen LogP contribution in [0.1, 0.15) is 52.4 Å². The van der Waals surface area contributed by atoms with E-state index < -0.39 is 0 Å². The molecule has 1 aliphatic rings. The van der Waals surface area contributed by atoms with Crippen LogP contribution in [-0.2, 0) is 0 Å². The van der Waals surface area contributed by atoms with E-state index in [1.165, 1.54) is 6.92 Å². The molecule has 1 aliphatic heterocycles. The first kappa shape index (κ1) is 21.1. The fraction of sp³-hybridized carbons (Fsp3) is 0.250. The van der Waals surface area contributed by atoms with Crippen molar-refractivity contribution < 1.29 is 19.1 Å². The van der Waals surface area contributed by atoms with Crippen LogP contribution in [0.15, 0.2) is 36.5 Å². The Morgan fingerprint density at radius 1 is 1.12 bits per heavy atom. The number of hydrogen-bond acceptors (Lipinski definition) is 7. The second kappa shape index (κ2) is 8.00. The second-order valence-corrected chi connectivity index (χ2v) is 9.43. The minimum Gasteiger partial charge on any atom is -0.454 e. The SMILES string of the molecule is CC(=O)c1cc2c(cc1NC(=O)c1cc(-c3ccc(C)s3)nc3c1cnn3C(C)C)OCO2. The second-order valence-electron chi connectivity index (χ2n) is 8.15. The Morgan fingerprint density at radius 3 is 2.55 bits per heavy atom. The fourth-order valence-electron chi connectivity index (χ4n) is 3.81. The summed E-state index contributed by atoms with van der Waals surface area (Å²) in [5, 5.41) is 8.00. The number of Topliss-reactive ketones (excluding diaryl/α,β-unsaturated/α-hetero) is 1. The van der Waals surface area contributed by atoms with Gasteiger partial charge in [-0.25, -0.2) is 9.67 Å². The molecule has 0 radical (unpaired) electrons. The quantitative estimate of drug-likeness (QED) is 0.408. The van der Waals surface area contributed by atoms with Crippen LogP contribution in [0.4, 0.5) is 5.69 Å². The first-order valence-corrected chi connectivity index (χ1v) is 11.3. The Hall–Kier alpha value is -3.72. The topological polar surface area (TPSA) is 95.3 Å². The molecule has 168 valence electrons. The van der Waals surface area contributed by atoms with Crippen LogP contribution in [0.5, 0.6) is 11.5 Å². The Bertz CT molecular complexity index is 1420. The number of carbonyl (C=O) groups is 2. The molecule has 1 N–H and O–H groups in total. The average molecular weight is 463 g/mol. The Morgan fingerprint density at radius 2 is 1.88 bits per heavy atom. The molecule has 0 unspecified atom stereocenters. The molecular formula is C24H22N4O4S. The van der Waals surface area contributed by atoms with Crippen LogP contribution in [0.2, 0.25) is 0 Å². The number of rotatable bonds is 5. The summed E-state index contributed by atoms with van der Waals surface area (Å²) >= 11 is 1.61. The number of ether oxygens (including phenoxy) is 2. The van der Waals surface area contributed by atoms with Gasteiger partial charge in [0.2, 0.25) is 6.79 Å². The predicted octanol–water partition coefficient (Wildman–Crippen LogP) is 5.23. The molecule has 4 heterocycles. The van der Waals surface area contributed by atoms with Crippen molar-refractivity contribution in [2.24, 2.45) is 0 Å². The summed E-state index contributed by atoms with van der Waals surface area (Å²) < 4.78 is 12.6. The van der Waals surface area contributed by atoms with E-state index in [9.17, 15) is 9.59 Å². The van der Waals surface area contributed by atoms with E-state index in [4.69, 9.17) is 14.5 Å². The maximum atomic E-state index is 13.5. The molecule has 3 aromatic heterocycles. The zero-order valence-corrected chi connectivity index (χ0v) is 19.4. The number of amides is 1. The number of carbonyl (C=O) groups excluding carboxylic acids is 2. The number of benzene rings is 1. The minimum absolute atomic E-state index is 0.0735. The minimum atomic E-state index is -0.360. The summed E-state index contributed by atoms with van der Waals surface area (Å²) in [7, 11) is 0. The third-order valence-corrected chi connectivity index (χ3v) is 6.46. The highest BCUT2D eigenvalue weighted by atomic mass is 32.1. The van der Waals surface area contributed by atoms with Gasteiger partial charge in [0, 0.05) is 22.5 Å². The van der Waals surface area contributed by atoms with Crippen LogP contribution in [0.25, 0.3) is 21.6 Å². The Labute approximate surface area is 194 Å². The molecule has 1 aromatic carbocycles. The third kappa shape index (κ3) is 3.74. The number of nitrogens with one attached hydrogen (secondary N) is 1. The maximum absolute atomic E-state index is 13.5. The number of anilines is 1. The van der Waals surface area contributed by atoms with E-state index in [0.717, 1.165) is 9.75 Å². The standard InChI is InChI=1S/C24H22N4O4S/c1-12(2)28-23-17(10-25-28)16(7-19(26-23)22-6-5-13(3)33-22)24(30)27-18-9-21-20(31-11-32-21)8-15(18)14(4)29/h5-10,12H,11H2,1-4H3,(H,27,30). The lowest BCUT2D eigenvalue weighted by molar-refractivity contribution is 0.101. The van der Waals surface area contributed by atoms with Gasteiger partial charge < -0.3 is 14.8 Å². The third-order valence-electron chi connectivity index (χ3n) is 5.43. The van der Waals surface area contributed by atoms with Crippen LogP contribution >= 0.6 is 11.3 Å². The molecule has 0 bridgehead atoms. The summed E-state index contributed by atoms with van der Waals surface area (Å²) in [4.78, 5) is 32.7. The highest BCUT2D eigenvalue weighted by Crippen LogP contribution is 2.38. The van der Waals surface area contributed by atoms with Gasteiger partial charge in [-0.2, -0.15) is 5.10 Å². The van der Waals surface area contributed by atoms with E-state index in [1.54, 1.807) is 40.4 Å². The summed E-state index contributed by atoms with van der Waals surface area (Å²) in [6.07, 6.45) is 1.66. The number of aromatic nitrogens is 3. The summed E-state index contributed by atoms with van der Waals surface area (Å²) in [6.45, 7) is 7.58. The smallest absolute Gasteiger partial charge is 0.256 e. The largest absolute Gasteiger partial charge is 0.454 e. The molecule has 0 fully saturated rings. The molecule has 4 aromatic rings. The normalized spacial score (nSPS) is 12.5. The van der Waals surface area contributed by atoms with Crippen molar-refractivity contribution in [3.8, 4) is 22.1 Å². The van der Waals surface area contributed by atoms with Gasteiger partial charge in [0.05, 0.1) is 33.4 Å². The highest BCUT2D eigenvalue weighted by Gasteiger charge is 2.23.